The molecule has 8 nitrogen and oxygen atoms in total. The molecule has 8 heteroatoms. The molecule has 0 aliphatic heterocycles. The number of carbonyl (C=O) groups excluding carboxylic acids is 2. The molecule has 1 amide bonds. The van der Waals surface area contributed by atoms with Crippen LogP contribution in [0.5, 0.6) is 5.75 Å². The molecule has 0 atom stereocenters. The zero-order chi connectivity index (χ0) is 18.2. The number of likely N-dealkylation sites (N-methyl/N-ethyl adjacent to an activating group) is 1. The van der Waals surface area contributed by atoms with Gasteiger partial charge in [-0.15, -0.1) is 0 Å². The van der Waals surface area contributed by atoms with Crippen LogP contribution in [0.25, 0.3) is 0 Å². The second-order valence-corrected chi connectivity index (χ2v) is 5.32. The van der Waals surface area contributed by atoms with Gasteiger partial charge in [0, 0.05) is 19.4 Å². The second-order valence-electron chi connectivity index (χ2n) is 5.32. The molecule has 1 heterocycles. The van der Waals surface area contributed by atoms with Gasteiger partial charge in [0.2, 0.25) is 5.95 Å². The topological polar surface area (TPSA) is 93.6 Å². The van der Waals surface area contributed by atoms with E-state index in [0.29, 0.717) is 17.4 Å². The van der Waals surface area contributed by atoms with E-state index in [-0.39, 0.29) is 13.2 Å². The molecule has 0 saturated heterocycles. The number of nitrogens with one attached hydrogen (secondary N) is 1. The molecular formula is C17H20N4O4. The zero-order valence-electron chi connectivity index (χ0n) is 14.4. The molecule has 0 spiro atoms. The Labute approximate surface area is 145 Å². The first-order valence-corrected chi connectivity index (χ1v) is 7.58. The van der Waals surface area contributed by atoms with Crippen LogP contribution in [0, 0.1) is 6.92 Å². The summed E-state index contributed by atoms with van der Waals surface area (Å²) < 4.78 is 10.2. The van der Waals surface area contributed by atoms with Crippen molar-refractivity contribution in [2.45, 2.75) is 6.92 Å². The SMILES string of the molecule is COc1ccc(C)cc1NC(=O)COC(=O)CN(C)c1ncccn1. The summed E-state index contributed by atoms with van der Waals surface area (Å²) in [5, 5.41) is 2.66. The first-order chi connectivity index (χ1) is 12.0. The van der Waals surface area contributed by atoms with Crippen LogP contribution in [0.4, 0.5) is 11.6 Å². The van der Waals surface area contributed by atoms with Gasteiger partial charge >= 0.3 is 5.97 Å². The van der Waals surface area contributed by atoms with Crippen LogP contribution in [-0.4, -0.2) is 49.2 Å². The summed E-state index contributed by atoms with van der Waals surface area (Å²) in [5.41, 5.74) is 1.50. The molecule has 0 aliphatic rings. The monoisotopic (exact) mass is 344 g/mol. The summed E-state index contributed by atoms with van der Waals surface area (Å²) in [6.07, 6.45) is 3.15. The van der Waals surface area contributed by atoms with Gasteiger partial charge in [0.15, 0.2) is 6.61 Å². The molecule has 1 aromatic carbocycles. The first kappa shape index (κ1) is 18.2. The number of ether oxygens (including phenoxy) is 2. The van der Waals surface area contributed by atoms with E-state index in [0.717, 1.165) is 5.56 Å². The van der Waals surface area contributed by atoms with Crippen molar-refractivity contribution >= 4 is 23.5 Å². The van der Waals surface area contributed by atoms with Crippen molar-refractivity contribution in [3.05, 3.63) is 42.2 Å². The van der Waals surface area contributed by atoms with Crippen molar-refractivity contribution in [1.82, 2.24) is 9.97 Å². The lowest BCUT2D eigenvalue weighted by Gasteiger charge is -2.15. The Bertz CT molecular complexity index is 737. The average molecular weight is 344 g/mol. The van der Waals surface area contributed by atoms with Gasteiger partial charge in [-0.05, 0) is 30.7 Å². The Morgan fingerprint density at radius 1 is 1.24 bits per heavy atom. The van der Waals surface area contributed by atoms with Crippen LogP contribution in [-0.2, 0) is 14.3 Å². The molecule has 1 aromatic heterocycles. The van der Waals surface area contributed by atoms with Crippen molar-refractivity contribution in [3.8, 4) is 5.75 Å². The molecule has 0 bridgehead atoms. The Morgan fingerprint density at radius 3 is 2.64 bits per heavy atom. The number of rotatable bonds is 7. The maximum absolute atomic E-state index is 12.0. The minimum Gasteiger partial charge on any atom is -0.495 e. The number of hydrogen-bond acceptors (Lipinski definition) is 7. The number of methoxy groups -OCH3 is 1. The smallest absolute Gasteiger partial charge is 0.326 e. The van der Waals surface area contributed by atoms with Crippen molar-refractivity contribution < 1.29 is 19.1 Å². The predicted octanol–water partition coefficient (Wildman–Crippen LogP) is 1.41. The van der Waals surface area contributed by atoms with Gasteiger partial charge in [-0.3, -0.25) is 9.59 Å². The molecule has 1 N–H and O–H groups in total. The molecule has 0 unspecified atom stereocenters. The number of benzene rings is 1. The molecule has 2 aromatic rings. The van der Waals surface area contributed by atoms with Gasteiger partial charge in [-0.2, -0.15) is 0 Å². The van der Waals surface area contributed by atoms with Crippen LogP contribution in [0.3, 0.4) is 0 Å². The first-order valence-electron chi connectivity index (χ1n) is 7.58. The fourth-order valence-electron chi connectivity index (χ4n) is 2.05. The standard InChI is InChI=1S/C17H20N4O4/c1-12-5-6-14(24-3)13(9-12)20-15(22)11-25-16(23)10-21(2)17-18-7-4-8-19-17/h4-9H,10-11H2,1-3H3,(H,20,22). The van der Waals surface area contributed by atoms with Crippen molar-refractivity contribution in [2.75, 3.05) is 37.5 Å². The maximum atomic E-state index is 12.0. The summed E-state index contributed by atoms with van der Waals surface area (Å²) in [6.45, 7) is 1.45. The number of nitrogens with zero attached hydrogens (tertiary/aromatic N) is 3. The molecule has 0 fully saturated rings. The number of carbonyl (C=O) groups is 2. The van der Waals surface area contributed by atoms with Gasteiger partial charge in [0.1, 0.15) is 12.3 Å². The summed E-state index contributed by atoms with van der Waals surface area (Å²) >= 11 is 0. The molecule has 2 rings (SSSR count). The van der Waals surface area contributed by atoms with Crippen molar-refractivity contribution in [2.24, 2.45) is 0 Å². The van der Waals surface area contributed by atoms with E-state index < -0.39 is 11.9 Å². The van der Waals surface area contributed by atoms with Gasteiger partial charge in [0.25, 0.3) is 5.91 Å². The van der Waals surface area contributed by atoms with E-state index >= 15 is 0 Å². The Kier molecular flexibility index (Phi) is 6.27. The average Bonchev–Trinajstić information content (AvgIpc) is 2.61. The maximum Gasteiger partial charge on any atom is 0.326 e. The molecule has 25 heavy (non-hydrogen) atoms. The number of anilines is 2. The van der Waals surface area contributed by atoms with Crippen LogP contribution in [0.1, 0.15) is 5.56 Å². The highest BCUT2D eigenvalue weighted by Gasteiger charge is 2.13. The second kappa shape index (κ2) is 8.62. The van der Waals surface area contributed by atoms with Gasteiger partial charge in [-0.25, -0.2) is 9.97 Å². The third-order valence-corrected chi connectivity index (χ3v) is 3.25. The highest BCUT2D eigenvalue weighted by atomic mass is 16.5. The van der Waals surface area contributed by atoms with Crippen LogP contribution < -0.4 is 15.0 Å². The van der Waals surface area contributed by atoms with E-state index in [2.05, 4.69) is 15.3 Å². The van der Waals surface area contributed by atoms with Gasteiger partial charge in [-0.1, -0.05) is 6.07 Å². The number of amides is 1. The molecule has 0 saturated carbocycles. The quantitative estimate of drug-likeness (QED) is 0.759. The summed E-state index contributed by atoms with van der Waals surface area (Å²) in [4.78, 5) is 33.4. The highest BCUT2D eigenvalue weighted by Crippen LogP contribution is 2.24. The van der Waals surface area contributed by atoms with Crippen LogP contribution in [0.15, 0.2) is 36.7 Å². The largest absolute Gasteiger partial charge is 0.495 e. The third-order valence-electron chi connectivity index (χ3n) is 3.25. The number of hydrogen-bond donors (Lipinski definition) is 1. The molecular weight excluding hydrogens is 324 g/mol. The summed E-state index contributed by atoms with van der Waals surface area (Å²) in [6, 6.07) is 7.08. The summed E-state index contributed by atoms with van der Waals surface area (Å²) in [5.74, 6) is -0.0724. The van der Waals surface area contributed by atoms with Crippen molar-refractivity contribution in [1.29, 1.82) is 0 Å². The zero-order valence-corrected chi connectivity index (χ0v) is 14.4. The van der Waals surface area contributed by atoms with E-state index in [1.165, 1.54) is 12.0 Å². The van der Waals surface area contributed by atoms with E-state index in [1.807, 2.05) is 13.0 Å². The van der Waals surface area contributed by atoms with Crippen molar-refractivity contribution in [3.63, 3.8) is 0 Å². The molecule has 0 radical (unpaired) electrons. The predicted molar refractivity (Wildman–Crippen MR) is 92.6 cm³/mol. The van der Waals surface area contributed by atoms with E-state index in [9.17, 15) is 9.59 Å². The lowest BCUT2D eigenvalue weighted by Crippen LogP contribution is -2.30. The van der Waals surface area contributed by atoms with Gasteiger partial charge in [0.05, 0.1) is 12.8 Å². The Morgan fingerprint density at radius 2 is 1.96 bits per heavy atom. The minimum atomic E-state index is -0.554. The normalized spacial score (nSPS) is 10.0. The molecule has 132 valence electrons. The van der Waals surface area contributed by atoms with Crippen LogP contribution >= 0.6 is 0 Å². The highest BCUT2D eigenvalue weighted by molar-refractivity contribution is 5.94. The fourth-order valence-corrected chi connectivity index (χ4v) is 2.05. The van der Waals surface area contributed by atoms with Crippen LogP contribution in [0.2, 0.25) is 0 Å². The lowest BCUT2D eigenvalue weighted by molar-refractivity contribution is -0.145. The fraction of sp³-hybridized carbons (Fsp3) is 0.294. The van der Waals surface area contributed by atoms with E-state index in [1.54, 1.807) is 37.6 Å². The Hall–Kier alpha value is -3.16. The molecule has 0 aliphatic carbocycles. The van der Waals surface area contributed by atoms with E-state index in [4.69, 9.17) is 9.47 Å². The number of esters is 1. The van der Waals surface area contributed by atoms with Gasteiger partial charge < -0.3 is 19.7 Å². The number of aryl methyl sites for hydroxylation is 1. The minimum absolute atomic E-state index is 0.0644. The number of aromatic nitrogens is 2. The Balaban J connectivity index is 1.83. The lowest BCUT2D eigenvalue weighted by atomic mass is 10.2. The third kappa shape index (κ3) is 5.45. The summed E-state index contributed by atoms with van der Waals surface area (Å²) in [7, 11) is 3.18.